The van der Waals surface area contributed by atoms with Gasteiger partial charge < -0.3 is 4.74 Å². The molecule has 8 aliphatic carbocycles. The molecule has 3 nitrogen and oxygen atoms in total. The van der Waals surface area contributed by atoms with Crippen LogP contribution in [-0.4, -0.2) is 27.7 Å². The predicted molar refractivity (Wildman–Crippen MR) is 114 cm³/mol. The van der Waals surface area contributed by atoms with Gasteiger partial charge in [-0.15, -0.1) is 0 Å². The standard InChI is InChI=1S/C26H41NO2/c1-24(2,3)29-23(28)27(26-14-20-8-21(15-26)10-22(9-20)16-26)25-11-17-4-5-18(12-25)7-19(6-17)13-25/h17-22H,4-16H2,1-3H3. The number of nitrogens with zero attached hydrogens (tertiary/aromatic N) is 1. The third kappa shape index (κ3) is 3.07. The lowest BCUT2D eigenvalue weighted by Crippen LogP contribution is -2.70. The number of rotatable bonds is 2. The first-order valence-corrected chi connectivity index (χ1v) is 12.8. The maximum Gasteiger partial charge on any atom is 0.411 e. The summed E-state index contributed by atoms with van der Waals surface area (Å²) < 4.78 is 6.21. The largest absolute Gasteiger partial charge is 0.444 e. The van der Waals surface area contributed by atoms with E-state index in [1.165, 1.54) is 83.5 Å². The molecule has 162 valence electrons. The molecule has 8 bridgehead atoms. The second kappa shape index (κ2) is 6.16. The van der Waals surface area contributed by atoms with Crippen molar-refractivity contribution in [1.82, 2.24) is 4.90 Å². The lowest BCUT2D eigenvalue weighted by atomic mass is 9.51. The molecule has 8 saturated carbocycles. The molecule has 2 atom stereocenters. The minimum atomic E-state index is -0.407. The normalized spacial score (nSPS) is 49.9. The van der Waals surface area contributed by atoms with E-state index in [1.54, 1.807) is 0 Å². The summed E-state index contributed by atoms with van der Waals surface area (Å²) in [6.07, 6.45) is 17.6. The number of ether oxygens (including phenoxy) is 1. The van der Waals surface area contributed by atoms with Gasteiger partial charge in [-0.25, -0.2) is 4.79 Å². The first-order valence-electron chi connectivity index (χ1n) is 12.8. The average molecular weight is 400 g/mol. The van der Waals surface area contributed by atoms with Crippen LogP contribution in [0.1, 0.15) is 104 Å². The van der Waals surface area contributed by atoms with E-state index in [2.05, 4.69) is 25.7 Å². The smallest absolute Gasteiger partial charge is 0.411 e. The molecule has 0 saturated heterocycles. The van der Waals surface area contributed by atoms with Gasteiger partial charge in [0, 0.05) is 11.1 Å². The van der Waals surface area contributed by atoms with Crippen molar-refractivity contribution in [3.8, 4) is 0 Å². The van der Waals surface area contributed by atoms with E-state index in [-0.39, 0.29) is 17.2 Å². The van der Waals surface area contributed by atoms with Gasteiger partial charge in [0.1, 0.15) is 5.60 Å². The number of hydrogen-bond donors (Lipinski definition) is 0. The summed E-state index contributed by atoms with van der Waals surface area (Å²) in [5.41, 5.74) is -0.202. The van der Waals surface area contributed by atoms with Crippen LogP contribution in [0, 0.1) is 35.5 Å². The van der Waals surface area contributed by atoms with Crippen molar-refractivity contribution in [3.63, 3.8) is 0 Å². The molecule has 0 spiro atoms. The Morgan fingerprint density at radius 2 is 1.03 bits per heavy atom. The summed E-state index contributed by atoms with van der Waals surface area (Å²) in [6.45, 7) is 6.15. The van der Waals surface area contributed by atoms with Crippen molar-refractivity contribution in [2.24, 2.45) is 35.5 Å². The van der Waals surface area contributed by atoms with Crippen LogP contribution >= 0.6 is 0 Å². The molecular formula is C26H41NO2. The summed E-state index contributed by atoms with van der Waals surface area (Å²) in [5, 5.41) is 0. The highest BCUT2D eigenvalue weighted by atomic mass is 16.6. The third-order valence-electron chi connectivity index (χ3n) is 9.85. The molecule has 0 aromatic rings. The molecule has 8 aliphatic rings. The topological polar surface area (TPSA) is 29.5 Å². The highest BCUT2D eigenvalue weighted by Gasteiger charge is 2.63. The average Bonchev–Trinajstić information content (AvgIpc) is 2.76. The number of hydrogen-bond acceptors (Lipinski definition) is 2. The molecule has 1 amide bonds. The number of carbonyl (C=O) groups is 1. The van der Waals surface area contributed by atoms with Gasteiger partial charge in [0.25, 0.3) is 0 Å². The Labute approximate surface area is 177 Å². The Balaban J connectivity index is 1.42. The van der Waals surface area contributed by atoms with Crippen molar-refractivity contribution in [1.29, 1.82) is 0 Å². The van der Waals surface area contributed by atoms with Crippen molar-refractivity contribution >= 4 is 6.09 Å². The van der Waals surface area contributed by atoms with Crippen molar-refractivity contribution < 1.29 is 9.53 Å². The van der Waals surface area contributed by atoms with Crippen LogP contribution in [0.5, 0.6) is 0 Å². The lowest BCUT2D eigenvalue weighted by molar-refractivity contribution is -0.150. The molecule has 2 unspecified atom stereocenters. The fraction of sp³-hybridized carbons (Fsp3) is 0.962. The fourth-order valence-electron chi connectivity index (χ4n) is 9.96. The number of fused-ring (bicyclic) bond motifs is 1. The highest BCUT2D eigenvalue weighted by Crippen LogP contribution is 2.63. The molecule has 0 heterocycles. The molecule has 0 N–H and O–H groups in total. The van der Waals surface area contributed by atoms with Crippen LogP contribution in [0.3, 0.4) is 0 Å². The van der Waals surface area contributed by atoms with E-state index in [0.717, 1.165) is 35.5 Å². The fourth-order valence-corrected chi connectivity index (χ4v) is 9.96. The first kappa shape index (κ1) is 19.0. The van der Waals surface area contributed by atoms with Gasteiger partial charge in [-0.1, -0.05) is 12.8 Å². The Hall–Kier alpha value is -0.730. The summed E-state index contributed by atoms with van der Waals surface area (Å²) in [7, 11) is 0. The number of carbonyl (C=O) groups excluding carboxylic acids is 1. The van der Waals surface area contributed by atoms with E-state index in [0.29, 0.717) is 0 Å². The maximum atomic E-state index is 14.0. The molecule has 29 heavy (non-hydrogen) atoms. The van der Waals surface area contributed by atoms with Crippen LogP contribution in [0.2, 0.25) is 0 Å². The van der Waals surface area contributed by atoms with Gasteiger partial charge in [-0.05, 0) is 127 Å². The Morgan fingerprint density at radius 3 is 1.41 bits per heavy atom. The molecular weight excluding hydrogens is 358 g/mol. The quantitative estimate of drug-likeness (QED) is 0.527. The van der Waals surface area contributed by atoms with E-state index in [1.807, 2.05) is 0 Å². The third-order valence-corrected chi connectivity index (χ3v) is 9.85. The van der Waals surface area contributed by atoms with Crippen molar-refractivity contribution in [2.75, 3.05) is 0 Å². The molecule has 0 aromatic heterocycles. The first-order chi connectivity index (χ1) is 13.7. The highest BCUT2D eigenvalue weighted by molar-refractivity contribution is 5.71. The van der Waals surface area contributed by atoms with Crippen molar-refractivity contribution in [2.45, 2.75) is 121 Å². The second-order valence-electron chi connectivity index (χ2n) is 13.4. The Bertz CT molecular complexity index is 640. The molecule has 8 rings (SSSR count). The summed E-state index contributed by atoms with van der Waals surface area (Å²) >= 11 is 0. The van der Waals surface area contributed by atoms with Crippen LogP contribution in [0.4, 0.5) is 4.79 Å². The molecule has 0 radical (unpaired) electrons. The van der Waals surface area contributed by atoms with Gasteiger partial charge >= 0.3 is 6.09 Å². The number of amides is 1. The molecule has 0 aliphatic heterocycles. The summed E-state index contributed by atoms with van der Waals surface area (Å²) in [4.78, 5) is 16.5. The molecule has 8 fully saturated rings. The van der Waals surface area contributed by atoms with E-state index in [4.69, 9.17) is 4.74 Å². The van der Waals surface area contributed by atoms with Gasteiger partial charge in [-0.2, -0.15) is 0 Å². The van der Waals surface area contributed by atoms with E-state index < -0.39 is 5.60 Å². The zero-order valence-corrected chi connectivity index (χ0v) is 18.9. The Kier molecular flexibility index (Phi) is 4.03. The minimum absolute atomic E-state index is 0.0430. The second-order valence-corrected chi connectivity index (χ2v) is 13.4. The van der Waals surface area contributed by atoms with Crippen LogP contribution < -0.4 is 0 Å². The van der Waals surface area contributed by atoms with Gasteiger partial charge in [0.2, 0.25) is 0 Å². The van der Waals surface area contributed by atoms with Crippen LogP contribution in [0.25, 0.3) is 0 Å². The van der Waals surface area contributed by atoms with E-state index >= 15 is 0 Å². The van der Waals surface area contributed by atoms with Crippen LogP contribution in [-0.2, 0) is 4.74 Å². The van der Waals surface area contributed by atoms with Gasteiger partial charge in [-0.3, -0.25) is 4.90 Å². The summed E-state index contributed by atoms with van der Waals surface area (Å²) in [5.74, 6) is 5.14. The van der Waals surface area contributed by atoms with Crippen molar-refractivity contribution in [3.05, 3.63) is 0 Å². The zero-order valence-electron chi connectivity index (χ0n) is 18.9. The predicted octanol–water partition coefficient (Wildman–Crippen LogP) is 6.55. The zero-order chi connectivity index (χ0) is 20.0. The molecule has 3 heteroatoms. The maximum absolute atomic E-state index is 14.0. The molecule has 0 aromatic carbocycles. The Morgan fingerprint density at radius 1 is 0.690 bits per heavy atom. The lowest BCUT2D eigenvalue weighted by Gasteiger charge is -2.66. The SMILES string of the molecule is CC(C)(C)OC(=O)N(C12CC3CCC(CC(C3)C1)C2)C12CC3CC(CC(C3)C1)C2. The van der Waals surface area contributed by atoms with Crippen LogP contribution in [0.15, 0.2) is 0 Å². The van der Waals surface area contributed by atoms with Gasteiger partial charge in [0.05, 0.1) is 0 Å². The van der Waals surface area contributed by atoms with E-state index in [9.17, 15) is 4.79 Å². The monoisotopic (exact) mass is 399 g/mol. The summed E-state index contributed by atoms with van der Waals surface area (Å²) in [6, 6.07) is 0. The van der Waals surface area contributed by atoms with Gasteiger partial charge in [0.15, 0.2) is 0 Å². The minimum Gasteiger partial charge on any atom is -0.444 e.